The Morgan fingerprint density at radius 2 is 1.25 bits per heavy atom. The van der Waals surface area contributed by atoms with Gasteiger partial charge in [-0.25, -0.2) is 24.2 Å². The van der Waals surface area contributed by atoms with Gasteiger partial charge in [-0.2, -0.15) is 5.06 Å². The van der Waals surface area contributed by atoms with Crippen molar-refractivity contribution in [3.63, 3.8) is 0 Å². The molecule has 9 rings (SSSR count). The number of hydroxylamine groups is 2. The number of rotatable bonds is 12. The van der Waals surface area contributed by atoms with E-state index in [1.807, 2.05) is 60.7 Å². The van der Waals surface area contributed by atoms with E-state index < -0.39 is 125 Å². The van der Waals surface area contributed by atoms with Gasteiger partial charge in [0.05, 0.1) is 29.8 Å². The standard InChI is InChI=1S/C55H60N6O17S/c1-29-24-53(25-30(2)71-29,46(67)75-50(3,4)5)78-59-40(36-28-79-48(57-36)58-49(69)77-52(9,10)11)41(62)56-35-27-70-61(44(35)65)54(47(68)76-51(6,7)8)26-37(45(66)74-54)60-42(63)33-22-38-39(23-34(33)43(60)64)73-55(72-38,31-18-14-12-15-19-31)32-20-16-13-17-21-32/h12-23,28-30,35,37H,24-27H2,1-11H3,(H,56,62)(H,57,58,69)/b59-40-/t29-,30-,35+,37+,54?/m1/s1. The fraction of sp³-hybridized carbons (Fsp3) is 0.455. The van der Waals surface area contributed by atoms with Crippen LogP contribution in [0.4, 0.5) is 9.93 Å². The van der Waals surface area contributed by atoms with Gasteiger partial charge < -0.3 is 43.3 Å². The number of fused-ring (bicyclic) bond motifs is 2. The summed E-state index contributed by atoms with van der Waals surface area (Å²) < 4.78 is 41.6. The number of carbonyl (C=O) groups is 8. The third-order valence-electron chi connectivity index (χ3n) is 12.7. The van der Waals surface area contributed by atoms with Crippen LogP contribution < -0.4 is 20.1 Å². The van der Waals surface area contributed by atoms with Gasteiger partial charge in [0, 0.05) is 29.3 Å². The second kappa shape index (κ2) is 20.4. The highest BCUT2D eigenvalue weighted by Crippen LogP contribution is 2.50. The van der Waals surface area contributed by atoms with E-state index in [0.29, 0.717) is 21.1 Å². The highest BCUT2D eigenvalue weighted by Gasteiger charge is 2.66. The molecule has 5 amide bonds. The summed E-state index contributed by atoms with van der Waals surface area (Å²) in [7, 11) is 0. The Kier molecular flexibility index (Phi) is 14.4. The fourth-order valence-corrected chi connectivity index (χ4v) is 10.3. The summed E-state index contributed by atoms with van der Waals surface area (Å²) in [4.78, 5) is 130. The maximum Gasteiger partial charge on any atom is 0.413 e. The van der Waals surface area contributed by atoms with E-state index in [2.05, 4.69) is 20.8 Å². The smallest absolute Gasteiger partial charge is 0.413 e. The van der Waals surface area contributed by atoms with Crippen molar-refractivity contribution in [3.8, 4) is 11.5 Å². The molecule has 5 aliphatic rings. The minimum Gasteiger partial charge on any atom is -0.457 e. The minimum atomic E-state index is -2.77. The number of carbonyl (C=O) groups excluding carboxylic acids is 8. The summed E-state index contributed by atoms with van der Waals surface area (Å²) in [6.07, 6.45) is -2.86. The molecule has 6 heterocycles. The van der Waals surface area contributed by atoms with E-state index in [9.17, 15) is 38.4 Å². The SMILES string of the molecule is C[C@@H]1CC(O/N=C(\C(=O)N[C@H]2CON(C3(C(=O)OC(C)(C)C)C[C@H](N4C(=O)c5cc6c(cc5C4=O)OC(c4ccccc4)(c4ccccc4)O6)C(=O)O3)C2=O)c2csc(NC(=O)OC(C)(C)C)n2)(C(=O)OC(C)(C)C)C[C@@H](C)O1. The Labute approximate surface area is 458 Å². The molecule has 0 saturated carbocycles. The third kappa shape index (κ3) is 11.1. The van der Waals surface area contributed by atoms with E-state index in [0.717, 1.165) is 11.3 Å². The fourth-order valence-electron chi connectivity index (χ4n) is 9.63. The minimum absolute atomic E-state index is 0.0275. The number of ether oxygens (including phenoxy) is 7. The van der Waals surface area contributed by atoms with Gasteiger partial charge in [-0.3, -0.25) is 34.2 Å². The largest absolute Gasteiger partial charge is 0.457 e. The van der Waals surface area contributed by atoms with Crippen LogP contribution in [0.2, 0.25) is 0 Å². The number of aromatic nitrogens is 1. The quantitative estimate of drug-likeness (QED) is 0.0506. The van der Waals surface area contributed by atoms with Crippen molar-refractivity contribution in [1.29, 1.82) is 0 Å². The van der Waals surface area contributed by atoms with Gasteiger partial charge in [-0.15, -0.1) is 11.3 Å². The summed E-state index contributed by atoms with van der Waals surface area (Å²) in [5.41, 5.74) is -7.46. The van der Waals surface area contributed by atoms with Gasteiger partial charge in [0.15, 0.2) is 22.3 Å². The van der Waals surface area contributed by atoms with E-state index >= 15 is 0 Å². The molecule has 24 heteroatoms. The molecule has 418 valence electrons. The van der Waals surface area contributed by atoms with E-state index in [1.54, 1.807) is 55.4 Å². The van der Waals surface area contributed by atoms with Gasteiger partial charge in [0.1, 0.15) is 41.2 Å². The first-order valence-corrected chi connectivity index (χ1v) is 26.3. The summed E-state index contributed by atoms with van der Waals surface area (Å²) in [6.45, 7) is 17.4. The molecule has 0 aliphatic carbocycles. The van der Waals surface area contributed by atoms with Crippen LogP contribution in [0.25, 0.3) is 0 Å². The van der Waals surface area contributed by atoms with Crippen LogP contribution in [-0.2, 0) is 63.1 Å². The molecule has 5 aliphatic heterocycles. The molecule has 0 radical (unpaired) electrons. The monoisotopic (exact) mass is 1110 g/mol. The number of amides is 5. The molecule has 2 N–H and O–H groups in total. The molecule has 0 spiro atoms. The summed E-state index contributed by atoms with van der Waals surface area (Å²) >= 11 is 0.888. The van der Waals surface area contributed by atoms with Crippen LogP contribution in [-0.4, -0.2) is 127 Å². The van der Waals surface area contributed by atoms with Crippen LogP contribution in [0.1, 0.15) is 133 Å². The first-order chi connectivity index (χ1) is 37.0. The van der Waals surface area contributed by atoms with E-state index in [4.69, 9.17) is 42.8 Å². The number of cyclic esters (lactones) is 1. The Bertz CT molecular complexity index is 3070. The maximum absolute atomic E-state index is 14.7. The highest BCUT2D eigenvalue weighted by atomic mass is 32.1. The van der Waals surface area contributed by atoms with Crippen LogP contribution in [0.3, 0.4) is 0 Å². The number of hydrogen-bond acceptors (Lipinski definition) is 20. The number of nitrogens with zero attached hydrogens (tertiary/aromatic N) is 4. The van der Waals surface area contributed by atoms with Gasteiger partial charge in [0.2, 0.25) is 5.60 Å². The number of esters is 3. The van der Waals surface area contributed by atoms with Gasteiger partial charge in [0.25, 0.3) is 23.6 Å². The van der Waals surface area contributed by atoms with Crippen molar-refractivity contribution in [2.75, 3.05) is 11.9 Å². The molecule has 4 aromatic rings. The summed E-state index contributed by atoms with van der Waals surface area (Å²) in [6, 6.07) is 17.4. The Balaban J connectivity index is 0.994. The zero-order valence-electron chi connectivity index (χ0n) is 45.3. The molecular formula is C55H60N6O17S. The van der Waals surface area contributed by atoms with Crippen LogP contribution in [0, 0.1) is 0 Å². The molecule has 79 heavy (non-hydrogen) atoms. The first kappa shape index (κ1) is 55.8. The van der Waals surface area contributed by atoms with E-state index in [-0.39, 0.29) is 46.3 Å². The number of imide groups is 1. The van der Waals surface area contributed by atoms with Crippen molar-refractivity contribution in [2.45, 2.75) is 154 Å². The zero-order chi connectivity index (χ0) is 57.2. The normalized spacial score (nSPS) is 24.7. The lowest BCUT2D eigenvalue weighted by Crippen LogP contribution is -2.59. The number of thiazole rings is 1. The lowest BCUT2D eigenvalue weighted by molar-refractivity contribution is -0.263. The second-order valence-corrected chi connectivity index (χ2v) is 23.5. The Hall–Kier alpha value is -7.96. The van der Waals surface area contributed by atoms with Crippen molar-refractivity contribution in [1.82, 2.24) is 20.3 Å². The van der Waals surface area contributed by atoms with Crippen molar-refractivity contribution in [2.24, 2.45) is 5.16 Å². The predicted molar refractivity (Wildman–Crippen MR) is 277 cm³/mol. The van der Waals surface area contributed by atoms with Gasteiger partial charge in [-0.05, 0) is 88.3 Å². The summed E-state index contributed by atoms with van der Waals surface area (Å²) in [5, 5.41) is 11.0. The Morgan fingerprint density at radius 3 is 1.78 bits per heavy atom. The zero-order valence-corrected chi connectivity index (χ0v) is 46.1. The number of benzene rings is 3. The van der Waals surface area contributed by atoms with Crippen molar-refractivity contribution in [3.05, 3.63) is 106 Å². The number of nitrogens with one attached hydrogen (secondary N) is 2. The molecule has 23 nitrogen and oxygen atoms in total. The molecule has 3 fully saturated rings. The topological polar surface area (TPSA) is 275 Å². The van der Waals surface area contributed by atoms with Crippen LogP contribution in [0.5, 0.6) is 11.5 Å². The maximum atomic E-state index is 14.7. The lowest BCUT2D eigenvalue weighted by atomic mass is 9.87. The molecule has 1 unspecified atom stereocenters. The number of anilines is 1. The molecular weight excluding hydrogens is 1050 g/mol. The van der Waals surface area contributed by atoms with Crippen LogP contribution in [0.15, 0.2) is 83.3 Å². The molecule has 5 atom stereocenters. The Morgan fingerprint density at radius 1 is 0.722 bits per heavy atom. The predicted octanol–water partition coefficient (Wildman–Crippen LogP) is 6.46. The second-order valence-electron chi connectivity index (χ2n) is 22.6. The average Bonchev–Trinajstić information content (AvgIpc) is 4.32. The van der Waals surface area contributed by atoms with Gasteiger partial charge >= 0.3 is 35.5 Å². The van der Waals surface area contributed by atoms with Crippen molar-refractivity contribution >= 4 is 69.8 Å². The third-order valence-corrected chi connectivity index (χ3v) is 13.4. The van der Waals surface area contributed by atoms with Gasteiger partial charge in [-0.1, -0.05) is 65.8 Å². The van der Waals surface area contributed by atoms with E-state index in [1.165, 1.54) is 38.3 Å². The summed E-state index contributed by atoms with van der Waals surface area (Å²) in [5.74, 6) is -8.74. The average molecular weight is 1110 g/mol. The van der Waals surface area contributed by atoms with Crippen LogP contribution >= 0.6 is 11.3 Å². The lowest BCUT2D eigenvalue weighted by Gasteiger charge is -2.40. The molecule has 3 aromatic carbocycles. The highest BCUT2D eigenvalue weighted by molar-refractivity contribution is 7.14. The molecule has 3 saturated heterocycles. The molecule has 0 bridgehead atoms. The van der Waals surface area contributed by atoms with Crippen molar-refractivity contribution < 1.29 is 81.2 Å². The first-order valence-electron chi connectivity index (χ1n) is 25.4. The molecule has 1 aromatic heterocycles. The number of hydrogen-bond donors (Lipinski definition) is 2. The number of oxime groups is 1.